The number of carbonyl (C=O) groups is 4. The summed E-state index contributed by atoms with van der Waals surface area (Å²) in [6.07, 6.45) is 12.3. The maximum Gasteiger partial charge on any atom is 0.276 e. The van der Waals surface area contributed by atoms with Crippen molar-refractivity contribution < 1.29 is 24.3 Å². The average molecular weight is 974 g/mol. The molecule has 0 spiro atoms. The van der Waals surface area contributed by atoms with Crippen molar-refractivity contribution in [2.45, 2.75) is 122 Å². The summed E-state index contributed by atoms with van der Waals surface area (Å²) in [4.78, 5) is 85.8. The third kappa shape index (κ3) is 8.00. The van der Waals surface area contributed by atoms with Crippen molar-refractivity contribution in [3.05, 3.63) is 117 Å². The Morgan fingerprint density at radius 2 is 1.68 bits per heavy atom. The Morgan fingerprint density at radius 3 is 2.46 bits per heavy atom. The second-order valence-electron chi connectivity index (χ2n) is 22.1. The zero-order valence-corrected chi connectivity index (χ0v) is 41.6. The molecule has 72 heavy (non-hydrogen) atoms. The van der Waals surface area contributed by atoms with E-state index in [-0.39, 0.29) is 53.7 Å². The van der Waals surface area contributed by atoms with Gasteiger partial charge in [0.1, 0.15) is 29.1 Å². The largest absolute Gasteiger partial charge is 0.392 e. The normalized spacial score (nSPS) is 25.1. The van der Waals surface area contributed by atoms with E-state index in [1.807, 2.05) is 30.5 Å². The van der Waals surface area contributed by atoms with Crippen LogP contribution in [0, 0.1) is 5.41 Å². The predicted molar refractivity (Wildman–Crippen MR) is 272 cm³/mol. The molecular weight excluding hydrogens is 911 g/mol. The van der Waals surface area contributed by atoms with E-state index in [1.54, 1.807) is 35.3 Å². The van der Waals surface area contributed by atoms with Crippen LogP contribution in [0.5, 0.6) is 0 Å². The van der Waals surface area contributed by atoms with Crippen molar-refractivity contribution in [1.82, 2.24) is 39.1 Å². The van der Waals surface area contributed by atoms with E-state index >= 15 is 0 Å². The lowest BCUT2D eigenvalue weighted by molar-refractivity contribution is -0.136. The molecule has 17 heteroatoms. The fourth-order valence-corrected chi connectivity index (χ4v) is 13.2. The zero-order valence-electron chi connectivity index (χ0n) is 41.6. The minimum atomic E-state index is -0.610. The van der Waals surface area contributed by atoms with E-state index in [1.165, 1.54) is 21.4 Å². The van der Waals surface area contributed by atoms with Crippen LogP contribution in [0.25, 0.3) is 11.1 Å². The van der Waals surface area contributed by atoms with Gasteiger partial charge >= 0.3 is 0 Å². The van der Waals surface area contributed by atoms with Gasteiger partial charge in [0.15, 0.2) is 0 Å². The van der Waals surface area contributed by atoms with Gasteiger partial charge in [0.25, 0.3) is 17.4 Å². The van der Waals surface area contributed by atoms with Crippen molar-refractivity contribution in [1.29, 1.82) is 0 Å². The number of piperidine rings is 1. The first-order valence-corrected chi connectivity index (χ1v) is 25.8. The van der Waals surface area contributed by atoms with Crippen LogP contribution in [0.3, 0.4) is 0 Å². The first kappa shape index (κ1) is 46.4. The molecule has 3 saturated heterocycles. The summed E-state index contributed by atoms with van der Waals surface area (Å²) in [5, 5.41) is 16.5. The lowest BCUT2D eigenvalue weighted by Gasteiger charge is -2.52. The number of nitrogens with zero attached hydrogens (tertiary/aromatic N) is 9. The van der Waals surface area contributed by atoms with Gasteiger partial charge in [-0.3, -0.25) is 44.0 Å². The zero-order chi connectivity index (χ0) is 49.7. The van der Waals surface area contributed by atoms with Crippen molar-refractivity contribution in [3.8, 4) is 11.1 Å². The Morgan fingerprint density at radius 1 is 0.833 bits per heavy atom. The number of nitrogens with one attached hydrogen (secondary N) is 2. The molecule has 4 fully saturated rings. The average Bonchev–Trinajstić information content (AvgIpc) is 4.11. The number of aliphatic hydroxyl groups is 1. The van der Waals surface area contributed by atoms with Gasteiger partial charge in [0.2, 0.25) is 11.8 Å². The third-order valence-corrected chi connectivity index (χ3v) is 16.9. The van der Waals surface area contributed by atoms with Crippen LogP contribution in [0.15, 0.2) is 71.9 Å². The summed E-state index contributed by atoms with van der Waals surface area (Å²) >= 11 is 0. The summed E-state index contributed by atoms with van der Waals surface area (Å²) in [6.45, 7) is 11.8. The number of fused-ring (bicyclic) bond motifs is 4. The minimum absolute atomic E-state index is 0.125. The minimum Gasteiger partial charge on any atom is -0.392 e. The van der Waals surface area contributed by atoms with Gasteiger partial charge in [-0.15, -0.1) is 0 Å². The lowest BCUT2D eigenvalue weighted by Crippen LogP contribution is -2.60. The summed E-state index contributed by atoms with van der Waals surface area (Å²) in [6, 6.07) is 16.9. The second-order valence-corrected chi connectivity index (χ2v) is 22.1. The number of benzene rings is 1. The Bertz CT molecular complexity index is 3100. The number of aliphatic hydroxyl groups excluding tert-OH is 1. The lowest BCUT2D eigenvalue weighted by atomic mass is 9.82. The second kappa shape index (κ2) is 17.8. The fourth-order valence-electron chi connectivity index (χ4n) is 13.2. The standard InChI is InChI=1S/C55H63N11O6/c1-32-28-61(38-23-39(24-38)63-15-5-6-44(63)33-7-9-41-35(20-33)30-66(52(41)70)45-10-12-49(68)59-51(45)69)16-17-62(32)37-8-11-48(57-27-37)58-43-21-36(29-60(4)53(43)71)40-13-14-56-50(42(40)31-67)65-19-18-64-46(54(65)72)22-34-25-55(2,3)26-47(34)64/h7-9,11,13-14,20-22,27,29,32,38-39,44-45,67H,5-6,10,12,15-19,23-26,28,30-31H2,1-4H3,(H,57,58)(H,59,68,69)/t32-,38?,39?,44+,45?/m0/s1. The molecule has 0 radical (unpaired) electrons. The SMILES string of the molecule is C[C@H]1CN(C2CC(N3CCC[C@@H]3c3ccc4c(c3)CN(C3CCC(=O)NC3=O)C4=O)C2)CCN1c1ccc(Nc2cc(-c3ccnc(N4CCn5c(cc6c5CC(C)(C)C6)C4=O)c3CO)cn(C)c2=O)nc1. The summed E-state index contributed by atoms with van der Waals surface area (Å²) in [5.74, 6) is 0.0476. The number of imide groups is 1. The molecule has 3 N–H and O–H groups in total. The van der Waals surface area contributed by atoms with Gasteiger partial charge in [-0.05, 0) is 122 Å². The summed E-state index contributed by atoms with van der Waals surface area (Å²) < 4.78 is 3.69. The Kier molecular flexibility index (Phi) is 11.5. The van der Waals surface area contributed by atoms with E-state index in [2.05, 4.69) is 73.9 Å². The van der Waals surface area contributed by atoms with Crippen LogP contribution in [0.2, 0.25) is 0 Å². The number of hydrogen-bond donors (Lipinski definition) is 3. The molecule has 5 aliphatic heterocycles. The molecule has 12 rings (SSSR count). The summed E-state index contributed by atoms with van der Waals surface area (Å²) in [5.41, 5.74) is 9.26. The highest BCUT2D eigenvalue weighted by molar-refractivity contribution is 6.07. The monoisotopic (exact) mass is 973 g/mol. The van der Waals surface area contributed by atoms with Crippen LogP contribution in [0.4, 0.5) is 23.0 Å². The van der Waals surface area contributed by atoms with E-state index in [0.717, 1.165) is 76.0 Å². The first-order valence-electron chi connectivity index (χ1n) is 25.8. The van der Waals surface area contributed by atoms with Crippen molar-refractivity contribution >= 4 is 46.6 Å². The van der Waals surface area contributed by atoms with E-state index in [9.17, 15) is 29.1 Å². The van der Waals surface area contributed by atoms with E-state index in [4.69, 9.17) is 4.98 Å². The molecule has 17 nitrogen and oxygen atoms in total. The molecule has 1 aromatic carbocycles. The quantitative estimate of drug-likeness (QED) is 0.154. The number of pyridine rings is 3. The maximum atomic E-state index is 14.0. The van der Waals surface area contributed by atoms with Crippen LogP contribution in [0.1, 0.15) is 114 Å². The van der Waals surface area contributed by atoms with Gasteiger partial charge in [-0.25, -0.2) is 9.97 Å². The number of amides is 4. The highest BCUT2D eigenvalue weighted by Gasteiger charge is 2.45. The van der Waals surface area contributed by atoms with Gasteiger partial charge < -0.3 is 29.4 Å². The molecule has 1 unspecified atom stereocenters. The van der Waals surface area contributed by atoms with Crippen LogP contribution in [-0.4, -0.2) is 119 Å². The maximum absolute atomic E-state index is 14.0. The van der Waals surface area contributed by atoms with Crippen LogP contribution in [-0.2, 0) is 49.2 Å². The van der Waals surface area contributed by atoms with Crippen LogP contribution < -0.4 is 26.0 Å². The van der Waals surface area contributed by atoms with Crippen LogP contribution >= 0.6 is 0 Å². The van der Waals surface area contributed by atoms with Gasteiger partial charge in [0.05, 0.1) is 18.5 Å². The highest BCUT2D eigenvalue weighted by atomic mass is 16.3. The molecule has 1 saturated carbocycles. The molecule has 0 bridgehead atoms. The number of aryl methyl sites for hydroxylation is 1. The predicted octanol–water partition coefficient (Wildman–Crippen LogP) is 5.30. The number of anilines is 4. The van der Waals surface area contributed by atoms with Crippen molar-refractivity contribution in [2.75, 3.05) is 47.8 Å². The number of aromatic nitrogens is 4. The van der Waals surface area contributed by atoms with Gasteiger partial charge in [-0.1, -0.05) is 26.0 Å². The summed E-state index contributed by atoms with van der Waals surface area (Å²) in [7, 11) is 1.70. The Labute approximate surface area is 418 Å². The molecule has 4 amide bonds. The first-order chi connectivity index (χ1) is 34.7. The number of rotatable bonds is 10. The molecule has 2 aliphatic carbocycles. The Balaban J connectivity index is 0.670. The van der Waals surface area contributed by atoms with Crippen molar-refractivity contribution in [3.63, 3.8) is 0 Å². The molecule has 9 heterocycles. The van der Waals surface area contributed by atoms with Gasteiger partial charge in [0, 0.05) is 112 Å². The number of piperazine rings is 1. The van der Waals surface area contributed by atoms with E-state index in [0.29, 0.717) is 89.5 Å². The number of hydrogen-bond acceptors (Lipinski definition) is 12. The number of likely N-dealkylation sites (tertiary alicyclic amines) is 1. The molecule has 7 aliphatic rings. The highest BCUT2D eigenvalue weighted by Crippen LogP contribution is 2.44. The molecule has 4 aromatic heterocycles. The fraction of sp³-hybridized carbons (Fsp3) is 0.473. The third-order valence-electron chi connectivity index (χ3n) is 16.9. The van der Waals surface area contributed by atoms with E-state index < -0.39 is 6.04 Å². The van der Waals surface area contributed by atoms with Gasteiger partial charge in [-0.2, -0.15) is 0 Å². The smallest absolute Gasteiger partial charge is 0.276 e. The molecule has 374 valence electrons. The molecule has 5 aromatic rings. The Hall–Kier alpha value is -6.69. The molecule has 3 atom stereocenters. The number of carbonyl (C=O) groups excluding carboxylic acids is 4. The topological polar surface area (TPSA) is 181 Å². The molecular formula is C55H63N11O6. The van der Waals surface area contributed by atoms with Crippen molar-refractivity contribution in [2.24, 2.45) is 12.5 Å².